The first-order chi connectivity index (χ1) is 19.8. The highest BCUT2D eigenvalue weighted by Crippen LogP contribution is 2.40. The summed E-state index contributed by atoms with van der Waals surface area (Å²) in [6.45, 7) is 6.09. The maximum absolute atomic E-state index is 14.5. The topological polar surface area (TPSA) is 65.4 Å². The zero-order valence-electron chi connectivity index (χ0n) is 23.8. The maximum Gasteiger partial charge on any atom is 0.338 e. The Labute approximate surface area is 242 Å². The molecule has 0 amide bonds. The van der Waals surface area contributed by atoms with Crippen molar-refractivity contribution in [1.82, 2.24) is 3.97 Å². The third-order valence-corrected chi connectivity index (χ3v) is 9.11. The number of esters is 1. The van der Waals surface area contributed by atoms with E-state index in [0.717, 1.165) is 40.7 Å². The van der Waals surface area contributed by atoms with Crippen LogP contribution in [0.1, 0.15) is 59.4 Å². The van der Waals surface area contributed by atoms with Crippen LogP contribution in [0.25, 0.3) is 22.0 Å². The van der Waals surface area contributed by atoms with Crippen LogP contribution in [0.5, 0.6) is 0 Å². The fraction of sp³-hybridized carbons (Fsp3) is 0.229. The highest BCUT2D eigenvalue weighted by Gasteiger charge is 2.29. The van der Waals surface area contributed by atoms with Crippen molar-refractivity contribution < 1.29 is 17.9 Å². The van der Waals surface area contributed by atoms with Crippen molar-refractivity contribution in [2.24, 2.45) is 0 Å². The fourth-order valence-corrected chi connectivity index (χ4v) is 6.94. The van der Waals surface area contributed by atoms with E-state index in [0.29, 0.717) is 35.0 Å². The second kappa shape index (κ2) is 12.1. The summed E-state index contributed by atoms with van der Waals surface area (Å²) in [5.74, 6) is -0.392. The zero-order chi connectivity index (χ0) is 29.0. The predicted octanol–water partition coefficient (Wildman–Crippen LogP) is 7.96. The van der Waals surface area contributed by atoms with Crippen LogP contribution in [0.2, 0.25) is 0 Å². The Bertz CT molecular complexity index is 1770. The molecule has 0 saturated heterocycles. The third-order valence-electron chi connectivity index (χ3n) is 7.35. The summed E-state index contributed by atoms with van der Waals surface area (Å²) >= 11 is 0. The SMILES string of the molecule is CCCCc1c(C(=O)OCC)cc2cc(Cc3ccccc3)n(S(=O)(=O)c3ccc(C)cc3)c2c1-c1ccccc1. The van der Waals surface area contributed by atoms with Crippen LogP contribution in [-0.2, 0) is 27.6 Å². The molecule has 1 aromatic heterocycles. The van der Waals surface area contributed by atoms with Gasteiger partial charge in [-0.05, 0) is 67.6 Å². The van der Waals surface area contributed by atoms with Gasteiger partial charge in [0.2, 0.25) is 0 Å². The molecule has 0 radical (unpaired) electrons. The van der Waals surface area contributed by atoms with Gasteiger partial charge in [0.05, 0.1) is 22.6 Å². The Kier molecular flexibility index (Phi) is 8.41. The molecule has 0 bridgehead atoms. The van der Waals surface area contributed by atoms with Gasteiger partial charge in [0.15, 0.2) is 0 Å². The maximum atomic E-state index is 14.5. The normalized spacial score (nSPS) is 11.6. The lowest BCUT2D eigenvalue weighted by molar-refractivity contribution is 0.0525. The molecule has 0 atom stereocenters. The molecule has 5 nitrogen and oxygen atoms in total. The molecule has 0 fully saturated rings. The third kappa shape index (κ3) is 5.70. The zero-order valence-corrected chi connectivity index (χ0v) is 24.6. The molecule has 0 N–H and O–H groups in total. The number of carbonyl (C=O) groups is 1. The van der Waals surface area contributed by atoms with Gasteiger partial charge in [0, 0.05) is 23.1 Å². The van der Waals surface area contributed by atoms with Gasteiger partial charge in [-0.2, -0.15) is 0 Å². The molecule has 41 heavy (non-hydrogen) atoms. The van der Waals surface area contributed by atoms with E-state index in [1.54, 1.807) is 19.1 Å². The van der Waals surface area contributed by atoms with Crippen LogP contribution in [0.15, 0.2) is 102 Å². The summed E-state index contributed by atoms with van der Waals surface area (Å²) in [6, 6.07) is 30.3. The Hall–Kier alpha value is -4.16. The Morgan fingerprint density at radius 2 is 1.51 bits per heavy atom. The molecule has 210 valence electrons. The van der Waals surface area contributed by atoms with Crippen molar-refractivity contribution in [1.29, 1.82) is 0 Å². The smallest absolute Gasteiger partial charge is 0.338 e. The number of aryl methyl sites for hydroxylation is 1. The van der Waals surface area contributed by atoms with Crippen molar-refractivity contribution >= 4 is 26.9 Å². The summed E-state index contributed by atoms with van der Waals surface area (Å²) in [4.78, 5) is 13.6. The van der Waals surface area contributed by atoms with Crippen LogP contribution in [0.3, 0.4) is 0 Å². The molecule has 0 saturated carbocycles. The van der Waals surface area contributed by atoms with Gasteiger partial charge >= 0.3 is 5.97 Å². The fourth-order valence-electron chi connectivity index (χ4n) is 5.38. The number of hydrogen-bond acceptors (Lipinski definition) is 4. The van der Waals surface area contributed by atoms with Gasteiger partial charge in [0.25, 0.3) is 10.0 Å². The van der Waals surface area contributed by atoms with Crippen molar-refractivity contribution in [2.45, 2.75) is 51.3 Å². The van der Waals surface area contributed by atoms with Gasteiger partial charge in [-0.3, -0.25) is 0 Å². The van der Waals surface area contributed by atoms with E-state index in [-0.39, 0.29) is 11.5 Å². The molecule has 0 aliphatic heterocycles. The van der Waals surface area contributed by atoms with E-state index < -0.39 is 16.0 Å². The molecule has 0 aliphatic carbocycles. The van der Waals surface area contributed by atoms with E-state index >= 15 is 0 Å². The average molecular weight is 566 g/mol. The summed E-state index contributed by atoms with van der Waals surface area (Å²) in [5.41, 5.74) is 6.12. The van der Waals surface area contributed by atoms with E-state index in [1.165, 1.54) is 3.97 Å². The molecule has 1 heterocycles. The standard InChI is InChI=1S/C35H35NO4S/c1-4-6-17-31-32(35(37)40-5-2)24-28-23-29(22-26-13-9-7-10-14-26)36(34(28)33(31)27-15-11-8-12-16-27)41(38,39)30-20-18-25(3)19-21-30/h7-16,18-21,23-24H,4-6,17,22H2,1-3H3. The Balaban J connectivity index is 1.92. The first-order valence-corrected chi connectivity index (χ1v) is 15.6. The molecular formula is C35H35NO4S. The molecule has 5 aromatic rings. The minimum absolute atomic E-state index is 0.221. The van der Waals surface area contributed by atoms with Crippen LogP contribution >= 0.6 is 0 Å². The number of unbranched alkanes of at least 4 members (excludes halogenated alkanes) is 1. The monoisotopic (exact) mass is 565 g/mol. The molecule has 0 unspecified atom stereocenters. The minimum atomic E-state index is -4.00. The summed E-state index contributed by atoms with van der Waals surface area (Å²) < 4.78 is 36.1. The number of hydrogen-bond donors (Lipinski definition) is 0. The summed E-state index contributed by atoms with van der Waals surface area (Å²) in [5, 5.41) is 0.689. The van der Waals surface area contributed by atoms with Gasteiger partial charge < -0.3 is 4.74 Å². The van der Waals surface area contributed by atoms with Crippen LogP contribution in [0.4, 0.5) is 0 Å². The predicted molar refractivity (Wildman–Crippen MR) is 165 cm³/mol. The highest BCUT2D eigenvalue weighted by atomic mass is 32.2. The highest BCUT2D eigenvalue weighted by molar-refractivity contribution is 7.90. The van der Waals surface area contributed by atoms with Crippen molar-refractivity contribution in [3.63, 3.8) is 0 Å². The van der Waals surface area contributed by atoms with Crippen molar-refractivity contribution in [3.8, 4) is 11.1 Å². The molecule has 5 rings (SSSR count). The van der Waals surface area contributed by atoms with Crippen molar-refractivity contribution in [2.75, 3.05) is 6.61 Å². The number of aromatic nitrogens is 1. The van der Waals surface area contributed by atoms with Crippen LogP contribution in [-0.4, -0.2) is 25.0 Å². The Morgan fingerprint density at radius 3 is 2.15 bits per heavy atom. The first-order valence-electron chi connectivity index (χ1n) is 14.1. The molecule has 4 aromatic carbocycles. The molecule has 0 spiro atoms. The quantitative estimate of drug-likeness (QED) is 0.161. The Morgan fingerprint density at radius 1 is 0.854 bits per heavy atom. The van der Waals surface area contributed by atoms with E-state index in [4.69, 9.17) is 4.74 Å². The number of carbonyl (C=O) groups excluding carboxylic acids is 1. The first kappa shape index (κ1) is 28.4. The largest absolute Gasteiger partial charge is 0.462 e. The molecule has 6 heteroatoms. The summed E-state index contributed by atoms with van der Waals surface area (Å²) in [6.07, 6.45) is 2.80. The van der Waals surface area contributed by atoms with Gasteiger partial charge in [-0.25, -0.2) is 17.2 Å². The van der Waals surface area contributed by atoms with Crippen molar-refractivity contribution in [3.05, 3.63) is 125 Å². The second-order valence-electron chi connectivity index (χ2n) is 10.3. The second-order valence-corrected chi connectivity index (χ2v) is 12.1. The minimum Gasteiger partial charge on any atom is -0.462 e. The average Bonchev–Trinajstić information content (AvgIpc) is 3.34. The van der Waals surface area contributed by atoms with Gasteiger partial charge in [-0.1, -0.05) is 91.7 Å². The van der Waals surface area contributed by atoms with E-state index in [9.17, 15) is 13.2 Å². The summed E-state index contributed by atoms with van der Waals surface area (Å²) in [7, 11) is -4.00. The van der Waals surface area contributed by atoms with Crippen LogP contribution in [0, 0.1) is 6.92 Å². The lowest BCUT2D eigenvalue weighted by Gasteiger charge is -2.19. The molecular weight excluding hydrogens is 530 g/mol. The van der Waals surface area contributed by atoms with Crippen LogP contribution < -0.4 is 0 Å². The number of rotatable bonds is 10. The molecule has 0 aliphatic rings. The van der Waals surface area contributed by atoms with E-state index in [2.05, 4.69) is 6.92 Å². The number of benzene rings is 4. The van der Waals surface area contributed by atoms with Gasteiger partial charge in [-0.15, -0.1) is 0 Å². The lowest BCUT2D eigenvalue weighted by atomic mass is 9.90. The van der Waals surface area contributed by atoms with E-state index in [1.807, 2.05) is 91.9 Å². The number of nitrogens with zero attached hydrogens (tertiary/aromatic N) is 1. The number of ether oxygens (including phenoxy) is 1. The lowest BCUT2D eigenvalue weighted by Crippen LogP contribution is -2.17. The number of fused-ring (bicyclic) bond motifs is 1. The van der Waals surface area contributed by atoms with Gasteiger partial charge in [0.1, 0.15) is 0 Å².